The summed E-state index contributed by atoms with van der Waals surface area (Å²) in [6.07, 6.45) is 0. The van der Waals surface area contributed by atoms with Gasteiger partial charge in [-0.25, -0.2) is 0 Å². The van der Waals surface area contributed by atoms with Crippen molar-refractivity contribution in [3.8, 4) is 22.8 Å². The fourth-order valence-corrected chi connectivity index (χ4v) is 4.34. The third-order valence-electron chi connectivity index (χ3n) is 6.45. The van der Waals surface area contributed by atoms with Crippen LogP contribution in [0.4, 0.5) is 5.82 Å². The van der Waals surface area contributed by atoms with Gasteiger partial charge in [0.1, 0.15) is 13.2 Å². The highest BCUT2D eigenvalue weighted by atomic mass is 16.5. The number of anilines is 1. The molecule has 1 aliphatic rings. The molecule has 0 radical (unpaired) electrons. The fourth-order valence-electron chi connectivity index (χ4n) is 4.34. The number of methoxy groups -OCH3 is 3. The lowest BCUT2D eigenvalue weighted by atomic mass is 10.1. The van der Waals surface area contributed by atoms with Gasteiger partial charge in [-0.15, -0.1) is 10.2 Å². The highest BCUT2D eigenvalue weighted by Gasteiger charge is 2.25. The van der Waals surface area contributed by atoms with Crippen LogP contribution in [0.5, 0.6) is 11.5 Å². The number of carbonyl (C=O) groups is 2. The summed E-state index contributed by atoms with van der Waals surface area (Å²) in [7, 11) is 4.67. The third-order valence-corrected chi connectivity index (χ3v) is 6.45. The fraction of sp³-hybridized carbons (Fsp3) is 0.357. The summed E-state index contributed by atoms with van der Waals surface area (Å²) in [5, 5.41) is 8.82. The molecule has 10 heteroatoms. The van der Waals surface area contributed by atoms with Crippen molar-refractivity contribution in [3.05, 3.63) is 66.2 Å². The Morgan fingerprint density at radius 2 is 1.61 bits per heavy atom. The first-order chi connectivity index (χ1) is 18.5. The molecule has 0 atom stereocenters. The molecule has 2 aromatic carbocycles. The van der Waals surface area contributed by atoms with Crippen LogP contribution in [0.3, 0.4) is 0 Å². The number of rotatable bonds is 10. The third kappa shape index (κ3) is 6.57. The number of nitrogens with zero attached hydrogens (tertiary/aromatic N) is 5. The van der Waals surface area contributed by atoms with Gasteiger partial charge in [-0.1, -0.05) is 30.3 Å². The van der Waals surface area contributed by atoms with E-state index >= 15 is 0 Å². The van der Waals surface area contributed by atoms with Gasteiger partial charge in [0.2, 0.25) is 11.8 Å². The van der Waals surface area contributed by atoms with Crippen molar-refractivity contribution < 1.29 is 23.8 Å². The number of ether oxygens (including phenoxy) is 3. The van der Waals surface area contributed by atoms with Gasteiger partial charge in [0.15, 0.2) is 17.3 Å². The van der Waals surface area contributed by atoms with Crippen molar-refractivity contribution in [1.29, 1.82) is 0 Å². The zero-order valence-electron chi connectivity index (χ0n) is 22.0. The van der Waals surface area contributed by atoms with Crippen molar-refractivity contribution in [2.45, 2.75) is 6.54 Å². The highest BCUT2D eigenvalue weighted by Crippen LogP contribution is 2.31. The second-order valence-corrected chi connectivity index (χ2v) is 8.88. The zero-order chi connectivity index (χ0) is 26.9. The van der Waals surface area contributed by atoms with E-state index in [0.717, 1.165) is 22.6 Å². The molecule has 0 N–H and O–H groups in total. The second kappa shape index (κ2) is 12.9. The number of carbonyl (C=O) groups excluding carboxylic acids is 2. The predicted octanol–water partition coefficient (Wildman–Crippen LogP) is 2.48. The van der Waals surface area contributed by atoms with E-state index in [4.69, 9.17) is 14.2 Å². The molecule has 200 valence electrons. The standard InChI is InChI=1S/C28H33N5O5/c1-36-20-28(35)33(18-21-7-5-4-6-8-21)19-27(34)32-15-13-31(14-16-32)26-12-10-23(29-30-26)22-9-11-24(37-2)25(17-22)38-3/h4-12,17H,13-16,18-20H2,1-3H3. The van der Waals surface area contributed by atoms with Gasteiger partial charge in [-0.2, -0.15) is 0 Å². The number of piperazine rings is 1. The summed E-state index contributed by atoms with van der Waals surface area (Å²) >= 11 is 0. The monoisotopic (exact) mass is 519 g/mol. The molecule has 1 saturated heterocycles. The Kier molecular flexibility index (Phi) is 9.10. The molecule has 1 aromatic heterocycles. The summed E-state index contributed by atoms with van der Waals surface area (Å²) in [5.41, 5.74) is 2.56. The lowest BCUT2D eigenvalue weighted by Gasteiger charge is -2.36. The first-order valence-electron chi connectivity index (χ1n) is 12.4. The molecule has 10 nitrogen and oxygen atoms in total. The Balaban J connectivity index is 1.34. The number of hydrogen-bond acceptors (Lipinski definition) is 8. The largest absolute Gasteiger partial charge is 0.493 e. The maximum atomic E-state index is 13.1. The van der Waals surface area contributed by atoms with Crippen molar-refractivity contribution in [2.24, 2.45) is 0 Å². The molecule has 2 heterocycles. The maximum absolute atomic E-state index is 13.1. The van der Waals surface area contributed by atoms with Crippen LogP contribution in [0.25, 0.3) is 11.3 Å². The molecule has 1 aliphatic heterocycles. The van der Waals surface area contributed by atoms with Gasteiger partial charge in [0.25, 0.3) is 0 Å². The van der Waals surface area contributed by atoms with E-state index in [2.05, 4.69) is 15.1 Å². The first-order valence-corrected chi connectivity index (χ1v) is 12.4. The Morgan fingerprint density at radius 1 is 0.868 bits per heavy atom. The minimum absolute atomic E-state index is 0.0108. The molecule has 0 unspecified atom stereocenters. The average molecular weight is 520 g/mol. The van der Waals surface area contributed by atoms with Gasteiger partial charge in [-0.05, 0) is 35.9 Å². The quantitative estimate of drug-likeness (QED) is 0.403. The Bertz CT molecular complexity index is 1210. The number of amides is 2. The molecule has 0 aliphatic carbocycles. The van der Waals surface area contributed by atoms with Crippen LogP contribution in [-0.2, 0) is 20.9 Å². The summed E-state index contributed by atoms with van der Waals surface area (Å²) < 4.78 is 15.7. The lowest BCUT2D eigenvalue weighted by Crippen LogP contribution is -2.52. The second-order valence-electron chi connectivity index (χ2n) is 8.88. The summed E-state index contributed by atoms with van der Waals surface area (Å²) in [6, 6.07) is 19.1. The topological polar surface area (TPSA) is 97.3 Å². The van der Waals surface area contributed by atoms with E-state index in [1.54, 1.807) is 24.0 Å². The van der Waals surface area contributed by atoms with Crippen molar-refractivity contribution in [2.75, 3.05) is 65.6 Å². The van der Waals surface area contributed by atoms with Crippen LogP contribution in [0.2, 0.25) is 0 Å². The molecule has 3 aromatic rings. The van der Waals surface area contributed by atoms with E-state index < -0.39 is 0 Å². The summed E-state index contributed by atoms with van der Waals surface area (Å²) in [5.74, 6) is 1.73. The van der Waals surface area contributed by atoms with Crippen molar-refractivity contribution >= 4 is 17.6 Å². The molecule has 2 amide bonds. The smallest absolute Gasteiger partial charge is 0.249 e. The molecular formula is C28H33N5O5. The van der Waals surface area contributed by atoms with E-state index in [1.807, 2.05) is 60.7 Å². The Hall–Kier alpha value is -4.18. The molecule has 0 spiro atoms. The Morgan fingerprint density at radius 3 is 2.24 bits per heavy atom. The Labute approximate surface area is 222 Å². The molecule has 0 bridgehead atoms. The molecule has 38 heavy (non-hydrogen) atoms. The number of benzene rings is 2. The maximum Gasteiger partial charge on any atom is 0.249 e. The van der Waals surface area contributed by atoms with E-state index in [-0.39, 0.29) is 25.0 Å². The van der Waals surface area contributed by atoms with E-state index in [0.29, 0.717) is 44.2 Å². The molecule has 0 saturated carbocycles. The SMILES string of the molecule is COCC(=O)N(CC(=O)N1CCN(c2ccc(-c3ccc(OC)c(OC)c3)nn2)CC1)Cc1ccccc1. The van der Waals surface area contributed by atoms with E-state index in [1.165, 1.54) is 7.11 Å². The minimum Gasteiger partial charge on any atom is -0.493 e. The van der Waals surface area contributed by atoms with Gasteiger partial charge >= 0.3 is 0 Å². The van der Waals surface area contributed by atoms with Crippen LogP contribution in [-0.4, -0.2) is 92.5 Å². The first kappa shape index (κ1) is 26.9. The average Bonchev–Trinajstić information content (AvgIpc) is 2.97. The van der Waals surface area contributed by atoms with Crippen LogP contribution >= 0.6 is 0 Å². The van der Waals surface area contributed by atoms with Gasteiger partial charge in [-0.3, -0.25) is 9.59 Å². The highest BCUT2D eigenvalue weighted by molar-refractivity contribution is 5.85. The zero-order valence-corrected chi connectivity index (χ0v) is 22.0. The summed E-state index contributed by atoms with van der Waals surface area (Å²) in [6.45, 7) is 2.63. The minimum atomic E-state index is -0.215. The molecular weight excluding hydrogens is 486 g/mol. The molecule has 1 fully saturated rings. The number of hydrogen-bond donors (Lipinski definition) is 0. The van der Waals surface area contributed by atoms with Crippen molar-refractivity contribution in [1.82, 2.24) is 20.0 Å². The van der Waals surface area contributed by atoms with Gasteiger partial charge < -0.3 is 28.9 Å². The summed E-state index contributed by atoms with van der Waals surface area (Å²) in [4.78, 5) is 31.1. The van der Waals surface area contributed by atoms with Crippen LogP contribution in [0.15, 0.2) is 60.7 Å². The normalized spacial score (nSPS) is 13.2. The van der Waals surface area contributed by atoms with Gasteiger partial charge in [0, 0.05) is 45.4 Å². The van der Waals surface area contributed by atoms with Gasteiger partial charge in [0.05, 0.1) is 19.9 Å². The van der Waals surface area contributed by atoms with Crippen LogP contribution in [0.1, 0.15) is 5.56 Å². The van der Waals surface area contributed by atoms with E-state index in [9.17, 15) is 9.59 Å². The van der Waals surface area contributed by atoms with Crippen molar-refractivity contribution in [3.63, 3.8) is 0 Å². The molecule has 4 rings (SSSR count). The lowest BCUT2D eigenvalue weighted by molar-refractivity contribution is -0.143. The van der Waals surface area contributed by atoms with Crippen LogP contribution in [0, 0.1) is 0 Å². The number of aromatic nitrogens is 2. The van der Waals surface area contributed by atoms with Crippen LogP contribution < -0.4 is 14.4 Å². The predicted molar refractivity (Wildman–Crippen MR) is 143 cm³/mol.